The van der Waals surface area contributed by atoms with Crippen molar-refractivity contribution in [3.63, 3.8) is 0 Å². The molecule has 1 unspecified atom stereocenters. The number of ether oxygens (including phenoxy) is 1. The third-order valence-corrected chi connectivity index (χ3v) is 2.56. The van der Waals surface area contributed by atoms with E-state index in [0.717, 1.165) is 12.3 Å². The van der Waals surface area contributed by atoms with E-state index >= 15 is 0 Å². The Labute approximate surface area is 92.0 Å². The summed E-state index contributed by atoms with van der Waals surface area (Å²) >= 11 is 0. The van der Waals surface area contributed by atoms with Crippen LogP contribution in [0.1, 0.15) is 0 Å². The van der Waals surface area contributed by atoms with Crippen molar-refractivity contribution in [2.24, 2.45) is 5.73 Å². The van der Waals surface area contributed by atoms with Gasteiger partial charge in [0.2, 0.25) is 0 Å². The normalized spacial score (nSPS) is 21.2. The Morgan fingerprint density at radius 3 is 3.06 bits per heavy atom. The SMILES string of the molecule is NCC1COCCN1c1ncc(F)cc1F. The Morgan fingerprint density at radius 1 is 1.56 bits per heavy atom. The molecule has 6 heteroatoms. The van der Waals surface area contributed by atoms with Crippen molar-refractivity contribution in [2.45, 2.75) is 6.04 Å². The van der Waals surface area contributed by atoms with Crippen LogP contribution >= 0.6 is 0 Å². The van der Waals surface area contributed by atoms with Crippen molar-refractivity contribution in [3.05, 3.63) is 23.9 Å². The van der Waals surface area contributed by atoms with Crippen molar-refractivity contribution >= 4 is 5.82 Å². The molecule has 1 aliphatic rings. The van der Waals surface area contributed by atoms with Gasteiger partial charge < -0.3 is 15.4 Å². The number of nitrogens with two attached hydrogens (primary N) is 1. The highest BCUT2D eigenvalue weighted by atomic mass is 19.1. The molecule has 0 amide bonds. The third kappa shape index (κ3) is 2.12. The maximum atomic E-state index is 13.5. The Morgan fingerprint density at radius 2 is 2.38 bits per heavy atom. The lowest BCUT2D eigenvalue weighted by atomic mass is 10.2. The van der Waals surface area contributed by atoms with Crippen molar-refractivity contribution in [1.29, 1.82) is 0 Å². The quantitative estimate of drug-likeness (QED) is 0.803. The molecular weight excluding hydrogens is 216 g/mol. The first-order valence-corrected chi connectivity index (χ1v) is 5.08. The molecule has 0 saturated carbocycles. The lowest BCUT2D eigenvalue weighted by Gasteiger charge is -2.35. The summed E-state index contributed by atoms with van der Waals surface area (Å²) in [4.78, 5) is 5.48. The molecule has 2 heterocycles. The van der Waals surface area contributed by atoms with Crippen molar-refractivity contribution in [3.8, 4) is 0 Å². The van der Waals surface area contributed by atoms with E-state index < -0.39 is 11.6 Å². The summed E-state index contributed by atoms with van der Waals surface area (Å²) in [7, 11) is 0. The van der Waals surface area contributed by atoms with E-state index in [4.69, 9.17) is 10.5 Å². The fourth-order valence-corrected chi connectivity index (χ4v) is 1.75. The maximum absolute atomic E-state index is 13.5. The van der Waals surface area contributed by atoms with Gasteiger partial charge in [-0.05, 0) is 0 Å². The minimum Gasteiger partial charge on any atom is -0.377 e. The second-order valence-electron chi connectivity index (χ2n) is 3.62. The number of halogens is 2. The fraction of sp³-hybridized carbons (Fsp3) is 0.500. The number of aromatic nitrogens is 1. The molecule has 0 bridgehead atoms. The van der Waals surface area contributed by atoms with Gasteiger partial charge in [-0.2, -0.15) is 0 Å². The second-order valence-corrected chi connectivity index (χ2v) is 3.62. The zero-order valence-electron chi connectivity index (χ0n) is 8.70. The van der Waals surface area contributed by atoms with Crippen LogP contribution in [0.2, 0.25) is 0 Å². The molecule has 2 rings (SSSR count). The monoisotopic (exact) mass is 229 g/mol. The predicted octanol–water partition coefficient (Wildman–Crippen LogP) is 0.524. The van der Waals surface area contributed by atoms with E-state index in [2.05, 4.69) is 4.98 Å². The van der Waals surface area contributed by atoms with Gasteiger partial charge in [0.15, 0.2) is 11.6 Å². The average Bonchev–Trinajstić information content (AvgIpc) is 2.29. The highest BCUT2D eigenvalue weighted by Gasteiger charge is 2.25. The predicted molar refractivity (Wildman–Crippen MR) is 55.2 cm³/mol. The molecule has 1 aliphatic heterocycles. The van der Waals surface area contributed by atoms with Crippen LogP contribution in [0.5, 0.6) is 0 Å². The van der Waals surface area contributed by atoms with Gasteiger partial charge in [-0.3, -0.25) is 0 Å². The fourth-order valence-electron chi connectivity index (χ4n) is 1.75. The minimum absolute atomic E-state index is 0.110. The Bertz CT molecular complexity index is 375. The highest BCUT2D eigenvalue weighted by molar-refractivity contribution is 5.41. The first kappa shape index (κ1) is 11.2. The molecule has 4 nitrogen and oxygen atoms in total. The zero-order valence-corrected chi connectivity index (χ0v) is 8.70. The third-order valence-electron chi connectivity index (χ3n) is 2.56. The van der Waals surface area contributed by atoms with E-state index in [1.165, 1.54) is 0 Å². The van der Waals surface area contributed by atoms with Crippen LogP contribution in [0.3, 0.4) is 0 Å². The maximum Gasteiger partial charge on any atom is 0.168 e. The largest absolute Gasteiger partial charge is 0.377 e. The Kier molecular flexibility index (Phi) is 3.31. The molecule has 1 saturated heterocycles. The second kappa shape index (κ2) is 4.71. The first-order valence-electron chi connectivity index (χ1n) is 5.08. The highest BCUT2D eigenvalue weighted by Crippen LogP contribution is 2.20. The van der Waals surface area contributed by atoms with Gasteiger partial charge in [0, 0.05) is 19.2 Å². The molecule has 0 radical (unpaired) electrons. The number of rotatable bonds is 2. The lowest BCUT2D eigenvalue weighted by Crippen LogP contribution is -2.50. The van der Waals surface area contributed by atoms with Gasteiger partial charge in [0.25, 0.3) is 0 Å². The molecule has 16 heavy (non-hydrogen) atoms. The van der Waals surface area contributed by atoms with Crippen molar-refractivity contribution in [1.82, 2.24) is 4.98 Å². The summed E-state index contributed by atoms with van der Waals surface area (Å²) in [6.45, 7) is 1.79. The van der Waals surface area contributed by atoms with Gasteiger partial charge in [0.1, 0.15) is 5.82 Å². The van der Waals surface area contributed by atoms with Gasteiger partial charge in [-0.15, -0.1) is 0 Å². The van der Waals surface area contributed by atoms with E-state index in [-0.39, 0.29) is 11.9 Å². The molecule has 88 valence electrons. The van der Waals surface area contributed by atoms with Crippen LogP contribution < -0.4 is 10.6 Å². The van der Waals surface area contributed by atoms with Crippen LogP contribution in [-0.4, -0.2) is 37.3 Å². The number of nitrogens with zero attached hydrogens (tertiary/aromatic N) is 2. The number of anilines is 1. The summed E-state index contributed by atoms with van der Waals surface area (Å²) < 4.78 is 31.5. The summed E-state index contributed by atoms with van der Waals surface area (Å²) in [5.41, 5.74) is 5.56. The van der Waals surface area contributed by atoms with Crippen LogP contribution in [0.25, 0.3) is 0 Å². The minimum atomic E-state index is -0.682. The van der Waals surface area contributed by atoms with Crippen molar-refractivity contribution < 1.29 is 13.5 Å². The number of hydrogen-bond donors (Lipinski definition) is 1. The van der Waals surface area contributed by atoms with E-state index in [1.54, 1.807) is 4.90 Å². The Hall–Kier alpha value is -1.27. The van der Waals surface area contributed by atoms with Gasteiger partial charge in [-0.1, -0.05) is 0 Å². The standard InChI is InChI=1S/C10H13F2N3O/c11-7-3-9(12)10(14-5-7)15-1-2-16-6-8(15)4-13/h3,5,8H,1-2,4,6,13H2. The Balaban J connectivity index is 2.27. The molecule has 0 spiro atoms. The van der Waals surface area contributed by atoms with E-state index in [9.17, 15) is 8.78 Å². The van der Waals surface area contributed by atoms with Crippen LogP contribution in [-0.2, 0) is 4.74 Å². The van der Waals surface area contributed by atoms with Crippen molar-refractivity contribution in [2.75, 3.05) is 31.2 Å². The van der Waals surface area contributed by atoms with Crippen LogP contribution in [0, 0.1) is 11.6 Å². The van der Waals surface area contributed by atoms with E-state index in [0.29, 0.717) is 26.3 Å². The molecule has 1 aromatic rings. The average molecular weight is 229 g/mol. The zero-order chi connectivity index (χ0) is 11.5. The number of morpholine rings is 1. The molecule has 2 N–H and O–H groups in total. The van der Waals surface area contributed by atoms with Gasteiger partial charge >= 0.3 is 0 Å². The lowest BCUT2D eigenvalue weighted by molar-refractivity contribution is 0.0954. The van der Waals surface area contributed by atoms with Gasteiger partial charge in [0.05, 0.1) is 25.5 Å². The smallest absolute Gasteiger partial charge is 0.168 e. The molecule has 0 aromatic carbocycles. The first-order chi connectivity index (χ1) is 7.72. The number of hydrogen-bond acceptors (Lipinski definition) is 4. The molecule has 1 atom stereocenters. The van der Waals surface area contributed by atoms with Crippen LogP contribution in [0.15, 0.2) is 12.3 Å². The summed E-state index contributed by atoms with van der Waals surface area (Å²) in [6.07, 6.45) is 1.00. The molecule has 1 aromatic heterocycles. The summed E-state index contributed by atoms with van der Waals surface area (Å²) in [5, 5.41) is 0. The molecular formula is C10H13F2N3O. The summed E-state index contributed by atoms with van der Waals surface area (Å²) in [5.74, 6) is -1.21. The topological polar surface area (TPSA) is 51.4 Å². The van der Waals surface area contributed by atoms with Crippen LogP contribution in [0.4, 0.5) is 14.6 Å². The molecule has 1 fully saturated rings. The molecule has 0 aliphatic carbocycles. The van der Waals surface area contributed by atoms with E-state index in [1.807, 2.05) is 0 Å². The summed E-state index contributed by atoms with van der Waals surface area (Å²) in [6, 6.07) is 0.715. The number of pyridine rings is 1. The van der Waals surface area contributed by atoms with Gasteiger partial charge in [-0.25, -0.2) is 13.8 Å².